The van der Waals surface area contributed by atoms with Crippen molar-refractivity contribution in [1.82, 2.24) is 0 Å². The Balaban J connectivity index is 0.787. The third kappa shape index (κ3) is 6.38. The first-order valence-corrected chi connectivity index (χ1v) is 36.6. The van der Waals surface area contributed by atoms with Crippen LogP contribution >= 0.6 is 11.3 Å². The van der Waals surface area contributed by atoms with Crippen LogP contribution in [0.2, 0.25) is 0 Å². The first kappa shape index (κ1) is 55.4. The van der Waals surface area contributed by atoms with Crippen LogP contribution in [0.4, 0.5) is 0 Å². The highest BCUT2D eigenvalue weighted by atomic mass is 32.1. The van der Waals surface area contributed by atoms with Crippen LogP contribution in [0.25, 0.3) is 120 Å². The van der Waals surface area contributed by atoms with Gasteiger partial charge in [-0.25, -0.2) is 0 Å². The van der Waals surface area contributed by atoms with Gasteiger partial charge in [0, 0.05) is 36.5 Å². The molecule has 4 spiro atoms. The molecule has 1 nitrogen and oxygen atoms in total. The van der Waals surface area contributed by atoms with E-state index in [1.807, 2.05) is 11.3 Å². The van der Waals surface area contributed by atoms with Crippen LogP contribution in [0.3, 0.4) is 0 Å². The Morgan fingerprint density at radius 1 is 0.206 bits per heavy atom. The number of hydrogen-bond donors (Lipinski definition) is 0. The second-order valence-corrected chi connectivity index (χ2v) is 29.9. The van der Waals surface area contributed by atoms with E-state index in [4.69, 9.17) is 4.42 Å². The number of fused-ring (bicyclic) bond motifs is 38. The van der Waals surface area contributed by atoms with E-state index in [1.54, 1.807) is 0 Å². The van der Waals surface area contributed by atoms with Gasteiger partial charge in [-0.15, -0.1) is 11.3 Å². The maximum atomic E-state index is 7.13. The van der Waals surface area contributed by atoms with Crippen LogP contribution < -0.4 is 0 Å². The van der Waals surface area contributed by atoms with Crippen molar-refractivity contribution in [2.45, 2.75) is 21.7 Å². The summed E-state index contributed by atoms with van der Waals surface area (Å²) in [7, 11) is 0. The predicted octanol–water partition coefficient (Wildman–Crippen LogP) is 25.0. The molecule has 102 heavy (non-hydrogen) atoms. The minimum absolute atomic E-state index is 0.652. The second-order valence-electron chi connectivity index (χ2n) is 28.9. The molecule has 2 heteroatoms. The van der Waals surface area contributed by atoms with Gasteiger partial charge in [-0.3, -0.25) is 0 Å². The van der Waals surface area contributed by atoms with E-state index in [1.165, 1.54) is 182 Å². The van der Waals surface area contributed by atoms with Crippen LogP contribution in [0.15, 0.2) is 356 Å². The summed E-state index contributed by atoms with van der Waals surface area (Å²) in [6.45, 7) is 0. The van der Waals surface area contributed by atoms with Gasteiger partial charge in [0.05, 0.1) is 21.7 Å². The Morgan fingerprint density at radius 3 is 1.14 bits per heavy atom. The zero-order chi connectivity index (χ0) is 66.4. The van der Waals surface area contributed by atoms with Gasteiger partial charge in [0.1, 0.15) is 11.2 Å². The first-order chi connectivity index (χ1) is 50.6. The molecule has 0 aliphatic heterocycles. The van der Waals surface area contributed by atoms with Crippen molar-refractivity contribution >= 4 is 53.4 Å². The minimum Gasteiger partial charge on any atom is -0.455 e. The van der Waals surface area contributed by atoms with E-state index in [-0.39, 0.29) is 0 Å². The standard InChI is InChI=1S/C100H58OS/c1-9-41-76-61(26-1)62-27-2-10-42-77(62)97(76)83-47-15-17-49-85(83)100(93-68(35-24-52-88(93)97)71-38-21-37-70-66-31-7-19-54-90(66)101-95(70)71)80-45-13-5-30-65(80)75-58-59(56-57-82(75)100)60-34-23-51-87-92(60)74-33-6-14-46-81(74)98(87)84-48-16-18-50-86(84)99(78-43-11-3-28-63(78)64-29-4-12-44-79(64)99)94-69(36-25-53-89(94)98)73-40-22-39-72-67-32-8-20-55-91(67)102-96(72)73/h1-58H. The van der Waals surface area contributed by atoms with Crippen LogP contribution in [0, 0.1) is 0 Å². The van der Waals surface area contributed by atoms with Crippen molar-refractivity contribution in [1.29, 1.82) is 0 Å². The van der Waals surface area contributed by atoms with Crippen LogP contribution in [-0.2, 0) is 21.7 Å². The molecule has 0 fully saturated rings. The molecule has 0 bridgehead atoms. The lowest BCUT2D eigenvalue weighted by Crippen LogP contribution is -2.44. The van der Waals surface area contributed by atoms with Crippen molar-refractivity contribution in [3.8, 4) is 77.9 Å². The number of hydrogen-bond acceptors (Lipinski definition) is 2. The van der Waals surface area contributed by atoms with Crippen LogP contribution in [0.5, 0.6) is 0 Å². The van der Waals surface area contributed by atoms with Gasteiger partial charge in [0.2, 0.25) is 0 Å². The molecule has 16 aromatic carbocycles. The van der Waals surface area contributed by atoms with Crippen molar-refractivity contribution in [3.05, 3.63) is 441 Å². The topological polar surface area (TPSA) is 13.1 Å². The lowest BCUT2D eigenvalue weighted by Gasteiger charge is -2.49. The number of para-hydroxylation sites is 2. The lowest BCUT2D eigenvalue weighted by atomic mass is 9.51. The summed E-state index contributed by atoms with van der Waals surface area (Å²) < 4.78 is 9.75. The van der Waals surface area contributed by atoms with Gasteiger partial charge in [0.15, 0.2) is 0 Å². The normalized spacial score (nSPS) is 17.1. The molecule has 0 N–H and O–H groups in total. The van der Waals surface area contributed by atoms with E-state index in [2.05, 4.69) is 352 Å². The van der Waals surface area contributed by atoms with E-state index in [0.717, 1.165) is 27.5 Å². The average Bonchev–Trinajstić information content (AvgIpc) is 1.43. The molecule has 0 saturated heterocycles. The summed E-state index contributed by atoms with van der Waals surface area (Å²) in [6, 6.07) is 136. The van der Waals surface area contributed by atoms with Gasteiger partial charge in [-0.1, -0.05) is 334 Å². The Morgan fingerprint density at radius 2 is 0.559 bits per heavy atom. The molecule has 6 aliphatic carbocycles. The number of thiophene rings is 1. The largest absolute Gasteiger partial charge is 0.455 e. The third-order valence-corrected chi connectivity index (χ3v) is 26.1. The zero-order valence-corrected chi connectivity index (χ0v) is 56.1. The van der Waals surface area contributed by atoms with E-state index >= 15 is 0 Å². The van der Waals surface area contributed by atoms with Crippen molar-refractivity contribution < 1.29 is 4.42 Å². The molecule has 6 aliphatic rings. The highest BCUT2D eigenvalue weighted by molar-refractivity contribution is 7.26. The van der Waals surface area contributed by atoms with E-state index < -0.39 is 21.7 Å². The van der Waals surface area contributed by atoms with Gasteiger partial charge in [0.25, 0.3) is 0 Å². The minimum atomic E-state index is -0.783. The monoisotopic (exact) mass is 1310 g/mol. The molecule has 24 rings (SSSR count). The molecular formula is C100H58OS. The fourth-order valence-electron chi connectivity index (χ4n) is 21.5. The van der Waals surface area contributed by atoms with Gasteiger partial charge in [-0.2, -0.15) is 0 Å². The Labute approximate surface area is 594 Å². The Kier molecular flexibility index (Phi) is 10.7. The van der Waals surface area contributed by atoms with Crippen molar-refractivity contribution in [2.24, 2.45) is 0 Å². The summed E-state index contributed by atoms with van der Waals surface area (Å²) in [5.74, 6) is 0. The predicted molar refractivity (Wildman–Crippen MR) is 419 cm³/mol. The molecule has 0 radical (unpaired) electrons. The van der Waals surface area contributed by atoms with Gasteiger partial charge >= 0.3 is 0 Å². The summed E-state index contributed by atoms with van der Waals surface area (Å²) in [5, 5.41) is 4.84. The molecule has 2 heterocycles. The van der Waals surface area contributed by atoms with Crippen molar-refractivity contribution in [3.63, 3.8) is 0 Å². The third-order valence-electron chi connectivity index (χ3n) is 24.9. The maximum Gasteiger partial charge on any atom is 0.143 e. The Hall–Kier alpha value is -12.5. The number of rotatable bonds is 3. The highest BCUT2D eigenvalue weighted by Crippen LogP contribution is 2.72. The first-order valence-electron chi connectivity index (χ1n) is 35.8. The molecule has 2 unspecified atom stereocenters. The quantitative estimate of drug-likeness (QED) is 0.172. The van der Waals surface area contributed by atoms with Gasteiger partial charge < -0.3 is 4.42 Å². The summed E-state index contributed by atoms with van der Waals surface area (Å²) >= 11 is 1.92. The molecule has 470 valence electrons. The average molecular weight is 1310 g/mol. The summed E-state index contributed by atoms with van der Waals surface area (Å²) in [6.07, 6.45) is 0. The molecular weight excluding hydrogens is 1250 g/mol. The molecule has 0 amide bonds. The lowest BCUT2D eigenvalue weighted by molar-refractivity contribution is 0.633. The Bertz CT molecular complexity index is 6710. The summed E-state index contributed by atoms with van der Waals surface area (Å²) in [4.78, 5) is 0. The fourth-order valence-corrected chi connectivity index (χ4v) is 22.7. The smallest absolute Gasteiger partial charge is 0.143 e. The van der Waals surface area contributed by atoms with E-state index in [9.17, 15) is 0 Å². The number of furan rings is 1. The molecule has 18 aromatic rings. The molecule has 2 atom stereocenters. The highest BCUT2D eigenvalue weighted by Gasteiger charge is 2.62. The van der Waals surface area contributed by atoms with E-state index in [0.29, 0.717) is 0 Å². The SMILES string of the molecule is c1ccc2c(c1)-c1ccccc1C21c2ccccc2C2(c3ccccc3-c3cc(-c4cccc5c4-c4ccccc4C54c5ccccc5C5(c6ccccc6-c6ccccc65)c5c(-c6cccc7c6sc6ccccc67)cccc54)ccc32)c2c(-c3cccc4c3oc3ccccc34)cccc21. The maximum absolute atomic E-state index is 7.13. The zero-order valence-electron chi connectivity index (χ0n) is 55.3. The molecule has 2 aromatic heterocycles. The summed E-state index contributed by atoms with van der Waals surface area (Å²) in [5.41, 5.74) is 37.4. The number of benzene rings is 16. The van der Waals surface area contributed by atoms with Gasteiger partial charge in [-0.05, 0) is 180 Å². The molecule has 0 saturated carbocycles. The van der Waals surface area contributed by atoms with Crippen LogP contribution in [-0.4, -0.2) is 0 Å². The van der Waals surface area contributed by atoms with Crippen molar-refractivity contribution in [2.75, 3.05) is 0 Å². The second kappa shape index (κ2) is 19.7. The fraction of sp³-hybridized carbons (Fsp3) is 0.0400. The van der Waals surface area contributed by atoms with Crippen LogP contribution in [0.1, 0.15) is 89.0 Å².